The van der Waals surface area contributed by atoms with E-state index in [1.807, 2.05) is 37.3 Å². The normalized spacial score (nSPS) is 23.6. The molecule has 1 aliphatic rings. The van der Waals surface area contributed by atoms with Crippen LogP contribution in [0, 0.1) is 0 Å². The Labute approximate surface area is 127 Å². The summed E-state index contributed by atoms with van der Waals surface area (Å²) in [5.41, 5.74) is 1.13. The van der Waals surface area contributed by atoms with E-state index >= 15 is 0 Å². The number of nitrogens with one attached hydrogen (secondary N) is 2. The molecule has 1 aromatic carbocycles. The van der Waals surface area contributed by atoms with Crippen molar-refractivity contribution in [1.29, 1.82) is 0 Å². The lowest BCUT2D eigenvalue weighted by atomic mass is 9.89. The molecule has 2 amide bonds. The highest BCUT2D eigenvalue weighted by Crippen LogP contribution is 2.21. The molecule has 4 heteroatoms. The van der Waals surface area contributed by atoms with E-state index in [0.29, 0.717) is 6.04 Å². The number of nitrogens with zero attached hydrogens (tertiary/aromatic N) is 1. The summed E-state index contributed by atoms with van der Waals surface area (Å²) in [6.45, 7) is 2.01. The first-order chi connectivity index (χ1) is 10.1. The number of carbonyl (C=O) groups excluding carboxylic acids is 1. The third kappa shape index (κ3) is 4.46. The number of benzene rings is 1. The van der Waals surface area contributed by atoms with E-state index in [0.717, 1.165) is 18.4 Å². The summed E-state index contributed by atoms with van der Waals surface area (Å²) < 4.78 is 0. The van der Waals surface area contributed by atoms with E-state index in [1.165, 1.54) is 12.8 Å². The quantitative estimate of drug-likeness (QED) is 0.895. The SMILES string of the molecule is C[C@@H](NC(=O)N[C@@H]1CCCC[C@H]1N(C)C)c1ccccc1. The molecule has 2 rings (SSSR count). The molecule has 0 saturated heterocycles. The van der Waals surface area contributed by atoms with Gasteiger partial charge in [0.25, 0.3) is 0 Å². The molecule has 2 N–H and O–H groups in total. The van der Waals surface area contributed by atoms with Gasteiger partial charge in [0.1, 0.15) is 0 Å². The predicted octanol–water partition coefficient (Wildman–Crippen LogP) is 2.92. The van der Waals surface area contributed by atoms with Gasteiger partial charge in [-0.2, -0.15) is 0 Å². The van der Waals surface area contributed by atoms with Crippen LogP contribution >= 0.6 is 0 Å². The van der Waals surface area contributed by atoms with Gasteiger partial charge >= 0.3 is 6.03 Å². The van der Waals surface area contributed by atoms with Gasteiger partial charge in [-0.3, -0.25) is 0 Å². The summed E-state index contributed by atoms with van der Waals surface area (Å²) in [4.78, 5) is 14.4. The molecule has 4 nitrogen and oxygen atoms in total. The summed E-state index contributed by atoms with van der Waals surface area (Å²) in [6.07, 6.45) is 4.68. The van der Waals surface area contributed by atoms with Gasteiger partial charge in [0.2, 0.25) is 0 Å². The second-order valence-electron chi connectivity index (χ2n) is 6.17. The highest BCUT2D eigenvalue weighted by atomic mass is 16.2. The van der Waals surface area contributed by atoms with E-state index in [-0.39, 0.29) is 18.1 Å². The largest absolute Gasteiger partial charge is 0.334 e. The van der Waals surface area contributed by atoms with Gasteiger partial charge in [-0.25, -0.2) is 4.79 Å². The maximum absolute atomic E-state index is 12.2. The number of hydrogen-bond donors (Lipinski definition) is 2. The van der Waals surface area contributed by atoms with Crippen molar-refractivity contribution in [2.45, 2.75) is 50.7 Å². The van der Waals surface area contributed by atoms with Gasteiger partial charge in [0.05, 0.1) is 6.04 Å². The maximum atomic E-state index is 12.2. The van der Waals surface area contributed by atoms with Gasteiger partial charge in [-0.05, 0) is 39.4 Å². The molecule has 0 heterocycles. The van der Waals surface area contributed by atoms with Crippen LogP contribution in [0.4, 0.5) is 4.79 Å². The molecule has 1 aliphatic carbocycles. The van der Waals surface area contributed by atoms with Gasteiger partial charge in [0.15, 0.2) is 0 Å². The van der Waals surface area contributed by atoms with Crippen molar-refractivity contribution in [2.75, 3.05) is 14.1 Å². The van der Waals surface area contributed by atoms with Crippen LogP contribution in [0.25, 0.3) is 0 Å². The highest BCUT2D eigenvalue weighted by molar-refractivity contribution is 5.74. The fraction of sp³-hybridized carbons (Fsp3) is 0.588. The Balaban J connectivity index is 1.88. The molecule has 0 unspecified atom stereocenters. The topological polar surface area (TPSA) is 44.4 Å². The van der Waals surface area contributed by atoms with Crippen molar-refractivity contribution in [3.63, 3.8) is 0 Å². The second kappa shape index (κ2) is 7.46. The van der Waals surface area contributed by atoms with E-state index in [4.69, 9.17) is 0 Å². The molecular weight excluding hydrogens is 262 g/mol. The molecule has 3 atom stereocenters. The van der Waals surface area contributed by atoms with E-state index in [9.17, 15) is 4.79 Å². The van der Waals surface area contributed by atoms with Crippen LogP contribution in [0.5, 0.6) is 0 Å². The molecule has 0 aliphatic heterocycles. The Morgan fingerprint density at radius 3 is 2.52 bits per heavy atom. The summed E-state index contributed by atoms with van der Waals surface area (Å²) in [7, 11) is 4.18. The van der Waals surface area contributed by atoms with Crippen molar-refractivity contribution in [3.8, 4) is 0 Å². The summed E-state index contributed by atoms with van der Waals surface area (Å²) in [5.74, 6) is 0. The monoisotopic (exact) mass is 289 g/mol. The Hall–Kier alpha value is -1.55. The third-order valence-electron chi connectivity index (χ3n) is 4.36. The van der Waals surface area contributed by atoms with E-state index < -0.39 is 0 Å². The van der Waals surface area contributed by atoms with Gasteiger partial charge in [-0.1, -0.05) is 43.2 Å². The zero-order chi connectivity index (χ0) is 15.2. The average Bonchev–Trinajstić information content (AvgIpc) is 2.48. The molecular formula is C17H27N3O. The first kappa shape index (κ1) is 15.8. The Morgan fingerprint density at radius 2 is 1.86 bits per heavy atom. The molecule has 1 saturated carbocycles. The second-order valence-corrected chi connectivity index (χ2v) is 6.17. The zero-order valence-corrected chi connectivity index (χ0v) is 13.3. The van der Waals surface area contributed by atoms with Gasteiger partial charge in [-0.15, -0.1) is 0 Å². The lowest BCUT2D eigenvalue weighted by Crippen LogP contribution is -2.53. The Kier molecular flexibility index (Phi) is 5.62. The minimum atomic E-state index is -0.0647. The van der Waals surface area contributed by atoms with Crippen LogP contribution in [0.15, 0.2) is 30.3 Å². The van der Waals surface area contributed by atoms with E-state index in [2.05, 4.69) is 29.6 Å². The molecule has 0 aromatic heterocycles. The number of hydrogen-bond acceptors (Lipinski definition) is 2. The molecule has 1 fully saturated rings. The molecule has 116 valence electrons. The predicted molar refractivity (Wildman–Crippen MR) is 86.3 cm³/mol. The van der Waals surface area contributed by atoms with Crippen molar-refractivity contribution >= 4 is 6.03 Å². The van der Waals surface area contributed by atoms with Crippen LogP contribution in [0.2, 0.25) is 0 Å². The highest BCUT2D eigenvalue weighted by Gasteiger charge is 2.28. The fourth-order valence-electron chi connectivity index (χ4n) is 3.13. The fourth-order valence-corrected chi connectivity index (χ4v) is 3.13. The van der Waals surface area contributed by atoms with Gasteiger partial charge < -0.3 is 15.5 Å². The van der Waals surface area contributed by atoms with Crippen LogP contribution < -0.4 is 10.6 Å². The number of carbonyl (C=O) groups is 1. The van der Waals surface area contributed by atoms with Gasteiger partial charge in [0, 0.05) is 12.1 Å². The number of likely N-dealkylation sites (N-methyl/N-ethyl adjacent to an activating group) is 1. The first-order valence-electron chi connectivity index (χ1n) is 7.86. The number of urea groups is 1. The Bertz CT molecular complexity index is 447. The standard InChI is InChI=1S/C17H27N3O/c1-13(14-9-5-4-6-10-14)18-17(21)19-15-11-7-8-12-16(15)20(2)3/h4-6,9-10,13,15-16H,7-8,11-12H2,1-3H3,(H2,18,19,21)/t13-,15-,16-/m1/s1. The van der Waals surface area contributed by atoms with Crippen molar-refractivity contribution in [1.82, 2.24) is 15.5 Å². The lowest BCUT2D eigenvalue weighted by molar-refractivity contribution is 0.173. The molecule has 21 heavy (non-hydrogen) atoms. The molecule has 0 spiro atoms. The maximum Gasteiger partial charge on any atom is 0.315 e. The van der Waals surface area contributed by atoms with Crippen LogP contribution in [-0.2, 0) is 0 Å². The summed E-state index contributed by atoms with van der Waals surface area (Å²) in [5, 5.41) is 6.19. The third-order valence-corrected chi connectivity index (χ3v) is 4.36. The lowest BCUT2D eigenvalue weighted by Gasteiger charge is -2.36. The molecule has 1 aromatic rings. The Morgan fingerprint density at radius 1 is 1.19 bits per heavy atom. The summed E-state index contributed by atoms with van der Waals surface area (Å²) >= 11 is 0. The van der Waals surface area contributed by atoms with Crippen LogP contribution in [0.3, 0.4) is 0 Å². The van der Waals surface area contributed by atoms with Crippen LogP contribution in [0.1, 0.15) is 44.2 Å². The van der Waals surface area contributed by atoms with E-state index in [1.54, 1.807) is 0 Å². The minimum absolute atomic E-state index is 0.0209. The van der Waals surface area contributed by atoms with Crippen LogP contribution in [-0.4, -0.2) is 37.1 Å². The first-order valence-corrected chi connectivity index (χ1v) is 7.86. The number of amides is 2. The summed E-state index contributed by atoms with van der Waals surface area (Å²) in [6, 6.07) is 10.7. The molecule has 0 bridgehead atoms. The van der Waals surface area contributed by atoms with Crippen molar-refractivity contribution in [3.05, 3.63) is 35.9 Å². The minimum Gasteiger partial charge on any atom is -0.334 e. The smallest absolute Gasteiger partial charge is 0.315 e. The average molecular weight is 289 g/mol. The zero-order valence-electron chi connectivity index (χ0n) is 13.3. The van der Waals surface area contributed by atoms with Crippen molar-refractivity contribution in [2.24, 2.45) is 0 Å². The molecule has 0 radical (unpaired) electrons. The number of rotatable bonds is 4. The van der Waals surface area contributed by atoms with Crippen molar-refractivity contribution < 1.29 is 4.79 Å².